The number of halogens is 2. The lowest BCUT2D eigenvalue weighted by Crippen LogP contribution is -1.80. The molecule has 2 nitrogen and oxygen atoms in total. The summed E-state index contributed by atoms with van der Waals surface area (Å²) in [5.74, 6) is -0.370. The van der Waals surface area contributed by atoms with Crippen molar-refractivity contribution in [2.24, 2.45) is 0 Å². The predicted molar refractivity (Wildman–Crippen MR) is 50.2 cm³/mol. The highest BCUT2D eigenvalue weighted by Gasteiger charge is 1.96. The van der Waals surface area contributed by atoms with Crippen molar-refractivity contribution in [2.45, 2.75) is 0 Å². The van der Waals surface area contributed by atoms with E-state index in [0.717, 1.165) is 5.41 Å². The summed E-state index contributed by atoms with van der Waals surface area (Å²) in [6.45, 7) is 0. The maximum absolute atomic E-state index is 12.4. The highest BCUT2D eigenvalue weighted by atomic mass is 35.7. The Balaban J connectivity index is 2.88. The van der Waals surface area contributed by atoms with E-state index in [-0.39, 0.29) is 5.82 Å². The molecule has 0 saturated carbocycles. The Morgan fingerprint density at radius 2 is 1.77 bits per heavy atom. The van der Waals surface area contributed by atoms with Crippen LogP contribution < -0.4 is 0 Å². The molecule has 5 heteroatoms. The summed E-state index contributed by atoms with van der Waals surface area (Å²) in [6.07, 6.45) is 1.29. The van der Waals surface area contributed by atoms with E-state index in [1.54, 1.807) is 0 Å². The van der Waals surface area contributed by atoms with Crippen LogP contribution in [-0.4, -0.2) is 8.42 Å². The van der Waals surface area contributed by atoms with Gasteiger partial charge in [-0.15, -0.1) is 0 Å². The van der Waals surface area contributed by atoms with Gasteiger partial charge in [0, 0.05) is 16.1 Å². The molecule has 0 amide bonds. The van der Waals surface area contributed by atoms with E-state index >= 15 is 0 Å². The molecular weight excluding hydrogens is 215 g/mol. The van der Waals surface area contributed by atoms with Crippen LogP contribution in [-0.2, 0) is 9.05 Å². The van der Waals surface area contributed by atoms with Gasteiger partial charge in [-0.3, -0.25) is 0 Å². The molecule has 0 unspecified atom stereocenters. The summed E-state index contributed by atoms with van der Waals surface area (Å²) in [4.78, 5) is 0. The molecule has 0 heterocycles. The van der Waals surface area contributed by atoms with Gasteiger partial charge in [0.15, 0.2) is 0 Å². The van der Waals surface area contributed by atoms with Crippen molar-refractivity contribution >= 4 is 25.8 Å². The van der Waals surface area contributed by atoms with Gasteiger partial charge in [-0.05, 0) is 23.8 Å². The van der Waals surface area contributed by atoms with E-state index in [4.69, 9.17) is 10.7 Å². The molecule has 0 aliphatic heterocycles. The van der Waals surface area contributed by atoms with Gasteiger partial charge >= 0.3 is 0 Å². The highest BCUT2D eigenvalue weighted by Crippen LogP contribution is 2.07. The lowest BCUT2D eigenvalue weighted by atomic mass is 10.2. The average Bonchev–Trinajstić information content (AvgIpc) is 2.02. The minimum absolute atomic E-state index is 0.370. The van der Waals surface area contributed by atoms with Crippen molar-refractivity contribution in [1.29, 1.82) is 0 Å². The Hall–Kier alpha value is -0.870. The normalized spacial score (nSPS) is 12.2. The smallest absolute Gasteiger partial charge is 0.208 e. The van der Waals surface area contributed by atoms with Gasteiger partial charge in [0.1, 0.15) is 5.82 Å². The molecule has 0 fully saturated rings. The Kier molecular flexibility index (Phi) is 3.06. The van der Waals surface area contributed by atoms with E-state index in [0.29, 0.717) is 5.56 Å². The van der Waals surface area contributed by atoms with E-state index in [2.05, 4.69) is 0 Å². The van der Waals surface area contributed by atoms with Crippen molar-refractivity contribution < 1.29 is 12.8 Å². The fourth-order valence-corrected chi connectivity index (χ4v) is 1.21. The minimum Gasteiger partial charge on any atom is -0.208 e. The van der Waals surface area contributed by atoms with Gasteiger partial charge in [0.25, 0.3) is 9.05 Å². The third-order valence-corrected chi connectivity index (χ3v) is 2.06. The molecule has 0 saturated heterocycles. The Morgan fingerprint density at radius 3 is 2.23 bits per heavy atom. The molecule has 0 aromatic heterocycles. The summed E-state index contributed by atoms with van der Waals surface area (Å²) < 4.78 is 33.3. The topological polar surface area (TPSA) is 34.1 Å². The van der Waals surface area contributed by atoms with Gasteiger partial charge in [-0.1, -0.05) is 12.1 Å². The van der Waals surface area contributed by atoms with E-state index in [9.17, 15) is 12.8 Å². The third kappa shape index (κ3) is 4.05. The quantitative estimate of drug-likeness (QED) is 0.717. The van der Waals surface area contributed by atoms with Crippen molar-refractivity contribution in [2.75, 3.05) is 0 Å². The van der Waals surface area contributed by atoms with Gasteiger partial charge in [0.2, 0.25) is 0 Å². The van der Waals surface area contributed by atoms with Crippen LogP contribution >= 0.6 is 10.7 Å². The maximum Gasteiger partial charge on any atom is 0.254 e. The minimum atomic E-state index is -3.63. The molecule has 13 heavy (non-hydrogen) atoms. The highest BCUT2D eigenvalue weighted by molar-refractivity contribution is 8.16. The van der Waals surface area contributed by atoms with Crippen molar-refractivity contribution in [3.05, 3.63) is 41.1 Å². The molecule has 0 spiro atoms. The third-order valence-electron chi connectivity index (χ3n) is 1.29. The standard InChI is InChI=1S/C8H6ClFO2S/c9-13(11,12)6-5-7-1-3-8(10)4-2-7/h1-6H/b6-5-. The first-order chi connectivity index (χ1) is 5.97. The second-order valence-electron chi connectivity index (χ2n) is 2.33. The Morgan fingerprint density at radius 1 is 1.23 bits per heavy atom. The summed E-state index contributed by atoms with van der Waals surface area (Å²) in [6, 6.07) is 5.38. The first-order valence-electron chi connectivity index (χ1n) is 3.36. The molecule has 0 radical (unpaired) electrons. The average molecular weight is 221 g/mol. The maximum atomic E-state index is 12.4. The zero-order valence-corrected chi connectivity index (χ0v) is 8.02. The van der Waals surface area contributed by atoms with Crippen molar-refractivity contribution in [3.8, 4) is 0 Å². The van der Waals surface area contributed by atoms with Crippen LogP contribution in [0.2, 0.25) is 0 Å². The van der Waals surface area contributed by atoms with Crippen molar-refractivity contribution in [1.82, 2.24) is 0 Å². The first kappa shape index (κ1) is 10.2. The molecule has 0 bridgehead atoms. The Labute approximate surface area is 80.1 Å². The molecule has 70 valence electrons. The summed E-state index contributed by atoms with van der Waals surface area (Å²) in [5.41, 5.74) is 0.575. The van der Waals surface area contributed by atoms with Crippen LogP contribution in [0.4, 0.5) is 4.39 Å². The van der Waals surface area contributed by atoms with Crippen LogP contribution in [0.1, 0.15) is 5.56 Å². The zero-order valence-electron chi connectivity index (χ0n) is 6.44. The zero-order chi connectivity index (χ0) is 9.90. The van der Waals surface area contributed by atoms with E-state index < -0.39 is 9.05 Å². The molecular formula is C8H6ClFO2S. The van der Waals surface area contributed by atoms with Crippen LogP contribution in [0.15, 0.2) is 29.7 Å². The van der Waals surface area contributed by atoms with Crippen LogP contribution in [0.5, 0.6) is 0 Å². The van der Waals surface area contributed by atoms with Crippen LogP contribution in [0.25, 0.3) is 6.08 Å². The molecule has 1 rings (SSSR count). The number of hydrogen-bond acceptors (Lipinski definition) is 2. The van der Waals surface area contributed by atoms with Crippen LogP contribution in [0, 0.1) is 5.82 Å². The fourth-order valence-electron chi connectivity index (χ4n) is 0.734. The molecule has 0 N–H and O–H groups in total. The second-order valence-corrected chi connectivity index (χ2v) is 4.84. The summed E-state index contributed by atoms with van der Waals surface area (Å²) >= 11 is 0. The monoisotopic (exact) mass is 220 g/mol. The second kappa shape index (κ2) is 3.89. The SMILES string of the molecule is O=S(=O)(Cl)/C=C\c1ccc(F)cc1. The fraction of sp³-hybridized carbons (Fsp3) is 0. The molecule has 1 aromatic rings. The number of hydrogen-bond donors (Lipinski definition) is 0. The van der Waals surface area contributed by atoms with Gasteiger partial charge in [-0.2, -0.15) is 0 Å². The van der Waals surface area contributed by atoms with Gasteiger partial charge < -0.3 is 0 Å². The predicted octanol–water partition coefficient (Wildman–Crippen LogP) is 2.37. The molecule has 0 aliphatic rings. The summed E-state index contributed by atoms with van der Waals surface area (Å²) in [7, 11) is 1.29. The molecule has 1 aromatic carbocycles. The summed E-state index contributed by atoms with van der Waals surface area (Å²) in [5, 5.41) is 0.849. The lowest BCUT2D eigenvalue weighted by molar-refractivity contribution is 0.617. The van der Waals surface area contributed by atoms with Gasteiger partial charge in [-0.25, -0.2) is 12.8 Å². The van der Waals surface area contributed by atoms with Crippen molar-refractivity contribution in [3.63, 3.8) is 0 Å². The number of rotatable bonds is 2. The van der Waals surface area contributed by atoms with Gasteiger partial charge in [0.05, 0.1) is 0 Å². The largest absolute Gasteiger partial charge is 0.254 e. The van der Waals surface area contributed by atoms with Crippen LogP contribution in [0.3, 0.4) is 0 Å². The molecule has 0 aliphatic carbocycles. The Bertz CT molecular complexity index is 408. The van der Waals surface area contributed by atoms with E-state index in [1.807, 2.05) is 0 Å². The lowest BCUT2D eigenvalue weighted by Gasteiger charge is -1.91. The first-order valence-corrected chi connectivity index (χ1v) is 5.73. The molecule has 0 atom stereocenters. The van der Waals surface area contributed by atoms with E-state index in [1.165, 1.54) is 30.3 Å². The number of benzene rings is 1.